The minimum atomic E-state index is -0.636. The number of nitrogens with one attached hydrogen (secondary N) is 1. The molecule has 0 bridgehead atoms. The molecule has 110 valence electrons. The maximum atomic E-state index is 12.0. The molecule has 8 heteroatoms. The van der Waals surface area contributed by atoms with Gasteiger partial charge in [0, 0.05) is 24.8 Å². The Morgan fingerprint density at radius 3 is 2.70 bits per heavy atom. The number of hydrogen-bond acceptors (Lipinski definition) is 4. The second kappa shape index (κ2) is 7.42. The van der Waals surface area contributed by atoms with Gasteiger partial charge in [-0.25, -0.2) is 0 Å². The number of halogens is 2. The van der Waals surface area contributed by atoms with Gasteiger partial charge in [0.25, 0.3) is 11.6 Å². The molecule has 1 rings (SSSR count). The molecule has 1 aromatic rings. The Balaban J connectivity index is 2.94. The Morgan fingerprint density at radius 1 is 1.50 bits per heavy atom. The van der Waals surface area contributed by atoms with Gasteiger partial charge >= 0.3 is 0 Å². The predicted molar refractivity (Wildman–Crippen MR) is 76.5 cm³/mol. The Bertz CT molecular complexity index is 522. The molecule has 1 amide bonds. The Hall–Kier alpha value is -1.37. The van der Waals surface area contributed by atoms with E-state index in [-0.39, 0.29) is 27.3 Å². The second-order valence-corrected chi connectivity index (χ2v) is 4.87. The van der Waals surface area contributed by atoms with Crippen molar-refractivity contribution < 1.29 is 14.5 Å². The van der Waals surface area contributed by atoms with Crippen LogP contribution < -0.4 is 5.32 Å². The molecule has 0 saturated heterocycles. The molecule has 0 spiro atoms. The fourth-order valence-corrected chi connectivity index (χ4v) is 1.89. The van der Waals surface area contributed by atoms with Gasteiger partial charge in [0.05, 0.1) is 27.1 Å². The van der Waals surface area contributed by atoms with Crippen molar-refractivity contribution in [3.05, 3.63) is 37.9 Å². The first-order valence-electron chi connectivity index (χ1n) is 5.88. The van der Waals surface area contributed by atoms with E-state index in [2.05, 4.69) is 5.32 Å². The zero-order chi connectivity index (χ0) is 15.3. The molecule has 1 atom stereocenters. The van der Waals surface area contributed by atoms with E-state index >= 15 is 0 Å². The summed E-state index contributed by atoms with van der Waals surface area (Å²) in [7, 11) is 0. The highest BCUT2D eigenvalue weighted by atomic mass is 35.5. The number of ether oxygens (including phenoxy) is 1. The number of carbonyl (C=O) groups excluding carboxylic acids is 1. The molecule has 1 unspecified atom stereocenters. The fourth-order valence-electron chi connectivity index (χ4n) is 1.48. The van der Waals surface area contributed by atoms with Crippen molar-refractivity contribution in [2.24, 2.45) is 0 Å². The fraction of sp³-hybridized carbons (Fsp3) is 0.417. The van der Waals surface area contributed by atoms with Crippen molar-refractivity contribution in [2.45, 2.75) is 19.9 Å². The third-order valence-corrected chi connectivity index (χ3v) is 3.22. The summed E-state index contributed by atoms with van der Waals surface area (Å²) in [4.78, 5) is 22.2. The monoisotopic (exact) mass is 320 g/mol. The zero-order valence-electron chi connectivity index (χ0n) is 11.0. The summed E-state index contributed by atoms with van der Waals surface area (Å²) in [6, 6.07) is 1.94. The third kappa shape index (κ3) is 4.33. The van der Waals surface area contributed by atoms with Gasteiger partial charge in [-0.2, -0.15) is 0 Å². The minimum absolute atomic E-state index is 0.0154. The number of nitro benzene ring substituents is 1. The Labute approximate surface area is 126 Å². The molecule has 0 radical (unpaired) electrons. The largest absolute Gasteiger partial charge is 0.380 e. The highest BCUT2D eigenvalue weighted by Gasteiger charge is 2.20. The van der Waals surface area contributed by atoms with Crippen LogP contribution in [0.1, 0.15) is 24.2 Å². The summed E-state index contributed by atoms with van der Waals surface area (Å²) in [5.74, 6) is -0.534. The Kier molecular flexibility index (Phi) is 6.19. The van der Waals surface area contributed by atoms with Gasteiger partial charge in [0.15, 0.2) is 0 Å². The van der Waals surface area contributed by atoms with E-state index in [0.717, 1.165) is 12.1 Å². The van der Waals surface area contributed by atoms with Crippen LogP contribution >= 0.6 is 23.2 Å². The summed E-state index contributed by atoms with van der Waals surface area (Å²) in [5.41, 5.74) is -0.323. The van der Waals surface area contributed by atoms with Gasteiger partial charge in [0.1, 0.15) is 0 Å². The summed E-state index contributed by atoms with van der Waals surface area (Å²) in [6.07, 6.45) is 0. The summed E-state index contributed by atoms with van der Waals surface area (Å²) >= 11 is 11.7. The maximum absolute atomic E-state index is 12.0. The lowest BCUT2D eigenvalue weighted by atomic mass is 10.1. The maximum Gasteiger partial charge on any atom is 0.271 e. The van der Waals surface area contributed by atoms with E-state index < -0.39 is 10.8 Å². The standard InChI is InChI=1S/C12H14Cl2N2O4/c1-3-20-6-7(2)15-12(17)9-4-8(16(18)19)5-10(13)11(9)14/h4-5,7H,3,6H2,1-2H3,(H,15,17). The topological polar surface area (TPSA) is 81.5 Å². The lowest BCUT2D eigenvalue weighted by molar-refractivity contribution is -0.384. The van der Waals surface area contributed by atoms with Crippen molar-refractivity contribution in [3.8, 4) is 0 Å². The number of nitrogens with zero attached hydrogens (tertiary/aromatic N) is 1. The molecule has 0 aliphatic heterocycles. The van der Waals surface area contributed by atoms with Gasteiger partial charge in [-0.05, 0) is 13.8 Å². The molecule has 0 aliphatic carbocycles. The molecule has 20 heavy (non-hydrogen) atoms. The van der Waals surface area contributed by atoms with Crippen LogP contribution in [0.5, 0.6) is 0 Å². The lowest BCUT2D eigenvalue weighted by Gasteiger charge is -2.14. The smallest absolute Gasteiger partial charge is 0.271 e. The summed E-state index contributed by atoms with van der Waals surface area (Å²) in [5, 5.41) is 13.3. The van der Waals surface area contributed by atoms with Crippen LogP contribution in [-0.2, 0) is 4.74 Å². The summed E-state index contributed by atoms with van der Waals surface area (Å²) < 4.78 is 5.17. The molecule has 0 saturated carbocycles. The van der Waals surface area contributed by atoms with Crippen LogP contribution in [-0.4, -0.2) is 30.1 Å². The van der Waals surface area contributed by atoms with Gasteiger partial charge < -0.3 is 10.1 Å². The normalized spacial score (nSPS) is 12.0. The molecular weight excluding hydrogens is 307 g/mol. The SMILES string of the molecule is CCOCC(C)NC(=O)c1cc([N+](=O)[O-])cc(Cl)c1Cl. The quantitative estimate of drug-likeness (QED) is 0.645. The van der Waals surface area contributed by atoms with E-state index in [1.807, 2.05) is 6.92 Å². The number of rotatable bonds is 6. The number of non-ortho nitro benzene ring substituents is 1. The molecule has 0 fully saturated rings. The van der Waals surface area contributed by atoms with Crippen molar-refractivity contribution >= 4 is 34.8 Å². The number of carbonyl (C=O) groups is 1. The molecule has 0 aromatic heterocycles. The van der Waals surface area contributed by atoms with Crippen LogP contribution in [0.2, 0.25) is 10.0 Å². The highest BCUT2D eigenvalue weighted by molar-refractivity contribution is 6.44. The first-order chi connectivity index (χ1) is 9.36. The number of benzene rings is 1. The minimum Gasteiger partial charge on any atom is -0.380 e. The van der Waals surface area contributed by atoms with Crippen molar-refractivity contribution in [1.29, 1.82) is 0 Å². The molecule has 6 nitrogen and oxygen atoms in total. The zero-order valence-corrected chi connectivity index (χ0v) is 12.5. The van der Waals surface area contributed by atoms with Gasteiger partial charge in [0.2, 0.25) is 0 Å². The van der Waals surface area contributed by atoms with Crippen LogP contribution in [0, 0.1) is 10.1 Å². The van der Waals surface area contributed by atoms with Crippen LogP contribution in [0.3, 0.4) is 0 Å². The molecule has 0 heterocycles. The van der Waals surface area contributed by atoms with Gasteiger partial charge in [-0.15, -0.1) is 0 Å². The van der Waals surface area contributed by atoms with Gasteiger partial charge in [-0.3, -0.25) is 14.9 Å². The van der Waals surface area contributed by atoms with E-state index in [4.69, 9.17) is 27.9 Å². The van der Waals surface area contributed by atoms with Crippen molar-refractivity contribution in [3.63, 3.8) is 0 Å². The summed E-state index contributed by atoms with van der Waals surface area (Å²) in [6.45, 7) is 4.46. The average Bonchev–Trinajstić information content (AvgIpc) is 2.38. The molecule has 0 aliphatic rings. The third-order valence-electron chi connectivity index (χ3n) is 2.42. The van der Waals surface area contributed by atoms with E-state index in [9.17, 15) is 14.9 Å². The highest BCUT2D eigenvalue weighted by Crippen LogP contribution is 2.30. The van der Waals surface area contributed by atoms with Crippen molar-refractivity contribution in [2.75, 3.05) is 13.2 Å². The first-order valence-corrected chi connectivity index (χ1v) is 6.64. The van der Waals surface area contributed by atoms with Crippen LogP contribution in [0.15, 0.2) is 12.1 Å². The van der Waals surface area contributed by atoms with E-state index in [1.54, 1.807) is 6.92 Å². The molecular formula is C12H14Cl2N2O4. The van der Waals surface area contributed by atoms with Gasteiger partial charge in [-0.1, -0.05) is 23.2 Å². The second-order valence-electron chi connectivity index (χ2n) is 4.08. The van der Waals surface area contributed by atoms with E-state index in [0.29, 0.717) is 13.2 Å². The predicted octanol–water partition coefficient (Wildman–Crippen LogP) is 3.06. The lowest BCUT2D eigenvalue weighted by Crippen LogP contribution is -2.36. The first kappa shape index (κ1) is 16.7. The Morgan fingerprint density at radius 2 is 2.15 bits per heavy atom. The van der Waals surface area contributed by atoms with E-state index in [1.165, 1.54) is 0 Å². The van der Waals surface area contributed by atoms with Crippen LogP contribution in [0.25, 0.3) is 0 Å². The average molecular weight is 321 g/mol. The molecule has 1 aromatic carbocycles. The molecule has 1 N–H and O–H groups in total. The number of amides is 1. The number of nitro groups is 1. The van der Waals surface area contributed by atoms with Crippen molar-refractivity contribution in [1.82, 2.24) is 5.32 Å². The van der Waals surface area contributed by atoms with Crippen LogP contribution in [0.4, 0.5) is 5.69 Å². The number of hydrogen-bond donors (Lipinski definition) is 1.